The van der Waals surface area contributed by atoms with Crippen LogP contribution in [0.1, 0.15) is 12.8 Å². The Hall–Kier alpha value is -0.120. The highest BCUT2D eigenvalue weighted by molar-refractivity contribution is 4.86. The van der Waals surface area contributed by atoms with E-state index in [1.165, 1.54) is 0 Å². The highest BCUT2D eigenvalue weighted by atomic mass is 16.3. The third kappa shape index (κ3) is 1.64. The summed E-state index contributed by atoms with van der Waals surface area (Å²) in [6, 6.07) is 0. The maximum Gasteiger partial charge on any atom is 0.0805 e. The van der Waals surface area contributed by atoms with Crippen LogP contribution in [0.3, 0.4) is 0 Å². The zero-order chi connectivity index (χ0) is 6.74. The molecule has 1 unspecified atom stereocenters. The maximum absolute atomic E-state index is 9.47. The molecular formula is C6H13NO2. The molecule has 0 aromatic heterocycles. The van der Waals surface area contributed by atoms with Crippen molar-refractivity contribution in [3.63, 3.8) is 0 Å². The molecule has 3 N–H and O–H groups in total. The molecule has 0 bridgehead atoms. The lowest BCUT2D eigenvalue weighted by Crippen LogP contribution is -2.32. The summed E-state index contributed by atoms with van der Waals surface area (Å²) in [5.74, 6) is 0. The fraction of sp³-hybridized carbons (Fsp3) is 1.00. The average molecular weight is 131 g/mol. The molecule has 1 aliphatic heterocycles. The standard InChI is InChI=1S/C6H13NO2/c8-4-2-6(9)1-3-7-5-6/h7-9H,1-5H2. The summed E-state index contributed by atoms with van der Waals surface area (Å²) < 4.78 is 0. The second-order valence-corrected chi connectivity index (χ2v) is 2.62. The summed E-state index contributed by atoms with van der Waals surface area (Å²) in [6.45, 7) is 1.59. The number of aliphatic hydroxyl groups excluding tert-OH is 1. The maximum atomic E-state index is 9.47. The Balaban J connectivity index is 2.32. The van der Waals surface area contributed by atoms with Gasteiger partial charge in [0.2, 0.25) is 0 Å². The van der Waals surface area contributed by atoms with Crippen molar-refractivity contribution in [1.82, 2.24) is 5.32 Å². The quantitative estimate of drug-likeness (QED) is 0.455. The summed E-state index contributed by atoms with van der Waals surface area (Å²) in [5, 5.41) is 21.0. The second kappa shape index (κ2) is 2.64. The van der Waals surface area contributed by atoms with Crippen molar-refractivity contribution in [2.75, 3.05) is 19.7 Å². The van der Waals surface area contributed by atoms with Crippen LogP contribution in [0.15, 0.2) is 0 Å². The number of hydrogen-bond donors (Lipinski definition) is 3. The van der Waals surface area contributed by atoms with E-state index in [0.29, 0.717) is 13.0 Å². The van der Waals surface area contributed by atoms with Crippen LogP contribution >= 0.6 is 0 Å². The van der Waals surface area contributed by atoms with Crippen molar-refractivity contribution in [2.24, 2.45) is 0 Å². The van der Waals surface area contributed by atoms with Gasteiger partial charge >= 0.3 is 0 Å². The molecule has 0 saturated carbocycles. The first kappa shape index (κ1) is 6.99. The monoisotopic (exact) mass is 131 g/mol. The lowest BCUT2D eigenvalue weighted by Gasteiger charge is -2.18. The van der Waals surface area contributed by atoms with Gasteiger partial charge in [0.15, 0.2) is 0 Å². The third-order valence-electron chi connectivity index (χ3n) is 1.80. The summed E-state index contributed by atoms with van der Waals surface area (Å²) in [4.78, 5) is 0. The van der Waals surface area contributed by atoms with Crippen LogP contribution in [-0.4, -0.2) is 35.5 Å². The van der Waals surface area contributed by atoms with Crippen LogP contribution < -0.4 is 5.32 Å². The Morgan fingerprint density at radius 1 is 1.56 bits per heavy atom. The molecule has 1 atom stereocenters. The van der Waals surface area contributed by atoms with Crippen molar-refractivity contribution >= 4 is 0 Å². The van der Waals surface area contributed by atoms with Gasteiger partial charge in [0.25, 0.3) is 0 Å². The Kier molecular flexibility index (Phi) is 2.05. The molecule has 1 rings (SSSR count). The second-order valence-electron chi connectivity index (χ2n) is 2.62. The van der Waals surface area contributed by atoms with Crippen molar-refractivity contribution < 1.29 is 10.2 Å². The fourth-order valence-electron chi connectivity index (χ4n) is 1.15. The van der Waals surface area contributed by atoms with Gasteiger partial charge < -0.3 is 15.5 Å². The van der Waals surface area contributed by atoms with E-state index in [0.717, 1.165) is 13.0 Å². The van der Waals surface area contributed by atoms with E-state index in [2.05, 4.69) is 5.32 Å². The minimum absolute atomic E-state index is 0.0815. The van der Waals surface area contributed by atoms with Crippen LogP contribution in [0.5, 0.6) is 0 Å². The van der Waals surface area contributed by atoms with Gasteiger partial charge in [0, 0.05) is 19.6 Å². The van der Waals surface area contributed by atoms with Gasteiger partial charge in [-0.25, -0.2) is 0 Å². The van der Waals surface area contributed by atoms with Crippen molar-refractivity contribution in [3.05, 3.63) is 0 Å². The summed E-state index contributed by atoms with van der Waals surface area (Å²) in [6.07, 6.45) is 1.27. The molecule has 1 saturated heterocycles. The van der Waals surface area contributed by atoms with Crippen LogP contribution in [-0.2, 0) is 0 Å². The molecule has 3 nitrogen and oxygen atoms in total. The minimum Gasteiger partial charge on any atom is -0.396 e. The first-order valence-electron chi connectivity index (χ1n) is 3.31. The lowest BCUT2D eigenvalue weighted by molar-refractivity contribution is 0.0348. The largest absolute Gasteiger partial charge is 0.396 e. The number of hydrogen-bond acceptors (Lipinski definition) is 3. The molecule has 0 aliphatic carbocycles. The van der Waals surface area contributed by atoms with Gasteiger partial charge in [0.1, 0.15) is 0 Å². The molecule has 3 heteroatoms. The third-order valence-corrected chi connectivity index (χ3v) is 1.80. The van der Waals surface area contributed by atoms with Gasteiger partial charge in [-0.2, -0.15) is 0 Å². The molecule has 0 amide bonds. The van der Waals surface area contributed by atoms with E-state index in [-0.39, 0.29) is 6.61 Å². The zero-order valence-electron chi connectivity index (χ0n) is 5.43. The zero-order valence-corrected chi connectivity index (χ0v) is 5.43. The summed E-state index contributed by atoms with van der Waals surface area (Å²) in [7, 11) is 0. The average Bonchev–Trinajstić information content (AvgIpc) is 2.16. The molecule has 1 fully saturated rings. The molecule has 0 aromatic rings. The van der Waals surface area contributed by atoms with E-state index in [9.17, 15) is 5.11 Å². The first-order valence-corrected chi connectivity index (χ1v) is 3.31. The van der Waals surface area contributed by atoms with Crippen molar-refractivity contribution in [1.29, 1.82) is 0 Å². The molecule has 1 aliphatic rings. The van der Waals surface area contributed by atoms with Gasteiger partial charge in [-0.1, -0.05) is 0 Å². The highest BCUT2D eigenvalue weighted by Gasteiger charge is 2.29. The molecule has 9 heavy (non-hydrogen) atoms. The van der Waals surface area contributed by atoms with E-state index in [1.807, 2.05) is 0 Å². The number of rotatable bonds is 2. The van der Waals surface area contributed by atoms with Gasteiger partial charge in [0.05, 0.1) is 5.60 Å². The van der Waals surface area contributed by atoms with E-state index in [1.54, 1.807) is 0 Å². The smallest absolute Gasteiger partial charge is 0.0805 e. The van der Waals surface area contributed by atoms with Crippen LogP contribution in [0, 0.1) is 0 Å². The van der Waals surface area contributed by atoms with E-state index in [4.69, 9.17) is 5.11 Å². The predicted molar refractivity (Wildman–Crippen MR) is 34.1 cm³/mol. The normalized spacial score (nSPS) is 35.3. The van der Waals surface area contributed by atoms with Gasteiger partial charge in [-0.05, 0) is 13.0 Å². The van der Waals surface area contributed by atoms with Crippen LogP contribution in [0.25, 0.3) is 0 Å². The Labute approximate surface area is 54.7 Å². The minimum atomic E-state index is -0.616. The molecule has 0 spiro atoms. The van der Waals surface area contributed by atoms with E-state index >= 15 is 0 Å². The topological polar surface area (TPSA) is 52.5 Å². The first-order chi connectivity index (χ1) is 4.27. The Bertz CT molecular complexity index is 89.1. The summed E-state index contributed by atoms with van der Waals surface area (Å²) in [5.41, 5.74) is -0.616. The molecular weight excluding hydrogens is 118 g/mol. The van der Waals surface area contributed by atoms with Gasteiger partial charge in [-0.3, -0.25) is 0 Å². The van der Waals surface area contributed by atoms with Crippen LogP contribution in [0.2, 0.25) is 0 Å². The van der Waals surface area contributed by atoms with Crippen LogP contribution in [0.4, 0.5) is 0 Å². The Morgan fingerprint density at radius 3 is 2.78 bits per heavy atom. The fourth-order valence-corrected chi connectivity index (χ4v) is 1.15. The number of nitrogens with one attached hydrogen (secondary N) is 1. The molecule has 1 heterocycles. The Morgan fingerprint density at radius 2 is 2.33 bits per heavy atom. The molecule has 54 valence electrons. The van der Waals surface area contributed by atoms with Crippen molar-refractivity contribution in [3.8, 4) is 0 Å². The number of β-amino-alcohol motifs (C(OH)–C–C–N with tert-alkyl or cyclic N) is 1. The predicted octanol–water partition coefficient (Wildman–Crippen LogP) is -0.907. The number of aliphatic hydroxyl groups is 2. The van der Waals surface area contributed by atoms with Gasteiger partial charge in [-0.15, -0.1) is 0 Å². The molecule has 0 aromatic carbocycles. The lowest BCUT2D eigenvalue weighted by atomic mass is 10.00. The highest BCUT2D eigenvalue weighted by Crippen LogP contribution is 2.17. The van der Waals surface area contributed by atoms with E-state index < -0.39 is 5.60 Å². The van der Waals surface area contributed by atoms with Crippen molar-refractivity contribution in [2.45, 2.75) is 18.4 Å². The summed E-state index contributed by atoms with van der Waals surface area (Å²) >= 11 is 0. The SMILES string of the molecule is OCCC1(O)CCNC1. The molecule has 0 radical (unpaired) electrons.